The summed E-state index contributed by atoms with van der Waals surface area (Å²) in [5.74, 6) is -0.252. The minimum Gasteiger partial charge on any atom is -0.335 e. The van der Waals surface area contributed by atoms with Gasteiger partial charge in [-0.25, -0.2) is 9.18 Å². The summed E-state index contributed by atoms with van der Waals surface area (Å²) in [6.45, 7) is 4.00. The summed E-state index contributed by atoms with van der Waals surface area (Å²) >= 11 is 0. The van der Waals surface area contributed by atoms with Crippen LogP contribution in [-0.2, 0) is 6.42 Å². The molecule has 1 N–H and O–H groups in total. The van der Waals surface area contributed by atoms with E-state index in [-0.39, 0.29) is 23.9 Å². The van der Waals surface area contributed by atoms with Crippen LogP contribution < -0.4 is 5.32 Å². The van der Waals surface area contributed by atoms with Crippen LogP contribution in [0.2, 0.25) is 0 Å². The molecule has 0 bridgehead atoms. The number of nitrogens with zero attached hydrogens (tertiary/aromatic N) is 2. The van der Waals surface area contributed by atoms with Gasteiger partial charge in [-0.1, -0.05) is 19.1 Å². The van der Waals surface area contributed by atoms with E-state index in [0.29, 0.717) is 6.42 Å². The van der Waals surface area contributed by atoms with Crippen molar-refractivity contribution in [2.75, 3.05) is 7.05 Å². The first-order valence-electron chi connectivity index (χ1n) is 8.19. The number of urea groups is 1. The van der Waals surface area contributed by atoms with Gasteiger partial charge in [0.15, 0.2) is 0 Å². The van der Waals surface area contributed by atoms with E-state index in [0.717, 1.165) is 17.5 Å². The minimum absolute atomic E-state index is 0.00558. The highest BCUT2D eigenvalue weighted by molar-refractivity contribution is 5.74. The average molecular weight is 329 g/mol. The van der Waals surface area contributed by atoms with Crippen LogP contribution >= 0.6 is 0 Å². The zero-order chi connectivity index (χ0) is 17.5. The molecule has 0 fully saturated rings. The van der Waals surface area contributed by atoms with Crippen LogP contribution in [0.3, 0.4) is 0 Å². The number of hydrogen-bond acceptors (Lipinski definition) is 2. The Hall–Kier alpha value is -2.43. The maximum absolute atomic E-state index is 12.9. The third kappa shape index (κ3) is 4.78. The summed E-state index contributed by atoms with van der Waals surface area (Å²) in [6.07, 6.45) is 4.95. The number of carbonyl (C=O) groups is 1. The van der Waals surface area contributed by atoms with E-state index < -0.39 is 0 Å². The van der Waals surface area contributed by atoms with Crippen molar-refractivity contribution in [2.45, 2.75) is 38.8 Å². The van der Waals surface area contributed by atoms with Crippen molar-refractivity contribution in [3.63, 3.8) is 0 Å². The molecule has 0 aliphatic heterocycles. The molecule has 2 aromatic rings. The minimum atomic E-state index is -0.252. The van der Waals surface area contributed by atoms with Crippen LogP contribution in [-0.4, -0.2) is 29.0 Å². The number of pyridine rings is 1. The van der Waals surface area contributed by atoms with Crippen molar-refractivity contribution in [1.29, 1.82) is 0 Å². The molecule has 1 heterocycles. The fourth-order valence-electron chi connectivity index (χ4n) is 2.80. The Balaban J connectivity index is 1.95. The third-order valence-electron chi connectivity index (χ3n) is 4.09. The van der Waals surface area contributed by atoms with Crippen molar-refractivity contribution in [3.05, 3.63) is 65.7 Å². The molecule has 128 valence electrons. The highest BCUT2D eigenvalue weighted by Gasteiger charge is 2.21. The number of benzene rings is 1. The number of carbonyl (C=O) groups excluding carboxylic acids is 1. The largest absolute Gasteiger partial charge is 0.335 e. The number of rotatable bonds is 6. The number of hydrogen-bond donors (Lipinski definition) is 1. The summed E-state index contributed by atoms with van der Waals surface area (Å²) in [5, 5.41) is 3.00. The molecule has 0 radical (unpaired) electrons. The maximum Gasteiger partial charge on any atom is 0.317 e. The Morgan fingerprint density at radius 3 is 2.42 bits per heavy atom. The summed E-state index contributed by atoms with van der Waals surface area (Å²) in [6, 6.07) is 10.1. The second-order valence-electron chi connectivity index (χ2n) is 6.00. The smallest absolute Gasteiger partial charge is 0.317 e. The normalized spacial score (nSPS) is 13.2. The zero-order valence-electron chi connectivity index (χ0n) is 14.4. The monoisotopic (exact) mass is 329 g/mol. The molecule has 0 spiro atoms. The predicted molar refractivity (Wildman–Crippen MR) is 93.1 cm³/mol. The van der Waals surface area contributed by atoms with Gasteiger partial charge in [0.05, 0.1) is 6.04 Å². The lowest BCUT2D eigenvalue weighted by molar-refractivity contribution is 0.185. The van der Waals surface area contributed by atoms with Gasteiger partial charge >= 0.3 is 6.03 Å². The first-order chi connectivity index (χ1) is 11.5. The highest BCUT2D eigenvalue weighted by Crippen LogP contribution is 2.22. The van der Waals surface area contributed by atoms with Gasteiger partial charge in [0.1, 0.15) is 5.82 Å². The van der Waals surface area contributed by atoms with E-state index >= 15 is 0 Å². The summed E-state index contributed by atoms with van der Waals surface area (Å²) in [5.41, 5.74) is 2.06. The molecule has 0 aliphatic rings. The van der Waals surface area contributed by atoms with Gasteiger partial charge in [-0.2, -0.15) is 0 Å². The summed E-state index contributed by atoms with van der Waals surface area (Å²) < 4.78 is 12.9. The molecular weight excluding hydrogens is 305 g/mol. The zero-order valence-corrected chi connectivity index (χ0v) is 14.4. The molecule has 0 unspecified atom stereocenters. The van der Waals surface area contributed by atoms with Crippen molar-refractivity contribution in [1.82, 2.24) is 15.2 Å². The molecule has 1 aromatic carbocycles. The first-order valence-corrected chi connectivity index (χ1v) is 8.19. The van der Waals surface area contributed by atoms with Gasteiger partial charge in [0.2, 0.25) is 0 Å². The number of amides is 2. The Kier molecular flexibility index (Phi) is 6.29. The molecule has 2 rings (SSSR count). The lowest BCUT2D eigenvalue weighted by Crippen LogP contribution is -2.44. The maximum atomic E-state index is 12.9. The van der Waals surface area contributed by atoms with Gasteiger partial charge in [-0.05, 0) is 55.2 Å². The van der Waals surface area contributed by atoms with E-state index in [9.17, 15) is 9.18 Å². The van der Waals surface area contributed by atoms with E-state index in [1.165, 1.54) is 12.1 Å². The van der Waals surface area contributed by atoms with Crippen LogP contribution in [0.4, 0.5) is 9.18 Å². The van der Waals surface area contributed by atoms with Gasteiger partial charge in [-0.3, -0.25) is 4.98 Å². The van der Waals surface area contributed by atoms with Gasteiger partial charge in [0.25, 0.3) is 0 Å². The van der Waals surface area contributed by atoms with Crippen LogP contribution in [0.15, 0.2) is 48.8 Å². The van der Waals surface area contributed by atoms with E-state index in [1.54, 1.807) is 36.5 Å². The van der Waals surface area contributed by atoms with Crippen LogP contribution in [0.25, 0.3) is 0 Å². The van der Waals surface area contributed by atoms with Gasteiger partial charge in [-0.15, -0.1) is 0 Å². The van der Waals surface area contributed by atoms with Crippen LogP contribution in [0.5, 0.6) is 0 Å². The lowest BCUT2D eigenvalue weighted by Gasteiger charge is -2.29. The van der Waals surface area contributed by atoms with Crippen molar-refractivity contribution < 1.29 is 9.18 Å². The lowest BCUT2D eigenvalue weighted by atomic mass is 10.0. The Bertz CT molecular complexity index is 645. The molecule has 0 saturated carbocycles. The number of halogens is 1. The molecule has 4 nitrogen and oxygen atoms in total. The van der Waals surface area contributed by atoms with E-state index in [2.05, 4.69) is 17.2 Å². The standard InChI is InChI=1S/C19H24FN3O/c1-4-18(16-9-11-21-12-10-16)23(3)19(24)22-14(2)13-15-5-7-17(20)8-6-15/h5-12,14,18H,4,13H2,1-3H3,(H,22,24)/t14-,18-/m1/s1. The Morgan fingerprint density at radius 1 is 1.21 bits per heavy atom. The summed E-state index contributed by atoms with van der Waals surface area (Å²) in [7, 11) is 1.80. The highest BCUT2D eigenvalue weighted by atomic mass is 19.1. The molecule has 2 amide bonds. The topological polar surface area (TPSA) is 45.2 Å². The number of nitrogens with one attached hydrogen (secondary N) is 1. The first kappa shape index (κ1) is 17.9. The number of aromatic nitrogens is 1. The van der Waals surface area contributed by atoms with Crippen LogP contribution in [0.1, 0.15) is 37.4 Å². The quantitative estimate of drug-likeness (QED) is 0.872. The van der Waals surface area contributed by atoms with Gasteiger partial charge < -0.3 is 10.2 Å². The average Bonchev–Trinajstić information content (AvgIpc) is 2.58. The Morgan fingerprint density at radius 2 is 1.83 bits per heavy atom. The predicted octanol–water partition coefficient (Wildman–Crippen LogP) is 3.94. The molecule has 0 saturated heterocycles. The second kappa shape index (κ2) is 8.43. The second-order valence-corrected chi connectivity index (χ2v) is 6.00. The van der Waals surface area contributed by atoms with E-state index in [1.807, 2.05) is 19.1 Å². The van der Waals surface area contributed by atoms with E-state index in [4.69, 9.17) is 0 Å². The van der Waals surface area contributed by atoms with Crippen molar-refractivity contribution in [3.8, 4) is 0 Å². The molecule has 0 aliphatic carbocycles. The molecular formula is C19H24FN3O. The fourth-order valence-corrected chi connectivity index (χ4v) is 2.80. The fraction of sp³-hybridized carbons (Fsp3) is 0.368. The third-order valence-corrected chi connectivity index (χ3v) is 4.09. The van der Waals surface area contributed by atoms with Crippen molar-refractivity contribution in [2.24, 2.45) is 0 Å². The SMILES string of the molecule is CC[C@H](c1ccncc1)N(C)C(=O)N[C@H](C)Cc1ccc(F)cc1. The molecule has 24 heavy (non-hydrogen) atoms. The van der Waals surface area contributed by atoms with Gasteiger partial charge in [0, 0.05) is 25.5 Å². The molecule has 2 atom stereocenters. The van der Waals surface area contributed by atoms with Crippen molar-refractivity contribution >= 4 is 6.03 Å². The van der Waals surface area contributed by atoms with Crippen LogP contribution in [0, 0.1) is 5.82 Å². The molecule has 5 heteroatoms. The summed E-state index contributed by atoms with van der Waals surface area (Å²) in [4.78, 5) is 18.3. The Labute approximate surface area is 142 Å². The molecule has 1 aromatic heterocycles.